The second-order valence-electron chi connectivity index (χ2n) is 4.36. The van der Waals surface area contributed by atoms with Crippen molar-refractivity contribution in [2.24, 2.45) is 0 Å². The van der Waals surface area contributed by atoms with Gasteiger partial charge in [0.15, 0.2) is 5.76 Å². The summed E-state index contributed by atoms with van der Waals surface area (Å²) in [6.45, 7) is 3.68. The number of hydrogen-bond donors (Lipinski definition) is 2. The van der Waals surface area contributed by atoms with E-state index in [2.05, 4.69) is 17.2 Å². The third-order valence-corrected chi connectivity index (χ3v) is 2.92. The molecule has 1 aromatic carbocycles. The Morgan fingerprint density at radius 1 is 1.19 bits per heavy atom. The van der Waals surface area contributed by atoms with Crippen molar-refractivity contribution < 1.29 is 14.0 Å². The Bertz CT molecular complexity index is 606. The Hall–Kier alpha value is -2.82. The van der Waals surface area contributed by atoms with Gasteiger partial charge in [-0.05, 0) is 23.8 Å². The SMILES string of the molecule is C=CC(=O)NC(CNC(=O)c1ccco1)c1ccccc1. The molecule has 2 rings (SSSR count). The van der Waals surface area contributed by atoms with Crippen LogP contribution < -0.4 is 10.6 Å². The van der Waals surface area contributed by atoms with Gasteiger partial charge in [0.05, 0.1) is 12.3 Å². The molecular weight excluding hydrogens is 268 g/mol. The topological polar surface area (TPSA) is 71.3 Å². The predicted octanol–water partition coefficient (Wildman–Crippen LogP) is 2.05. The lowest BCUT2D eigenvalue weighted by atomic mass is 10.1. The van der Waals surface area contributed by atoms with Crippen LogP contribution >= 0.6 is 0 Å². The molecule has 0 fully saturated rings. The number of carbonyl (C=O) groups is 2. The molecule has 0 aliphatic rings. The summed E-state index contributed by atoms with van der Waals surface area (Å²) in [4.78, 5) is 23.4. The van der Waals surface area contributed by atoms with Crippen LogP contribution in [0.1, 0.15) is 22.2 Å². The van der Waals surface area contributed by atoms with Gasteiger partial charge in [-0.15, -0.1) is 0 Å². The summed E-state index contributed by atoms with van der Waals surface area (Å²) >= 11 is 0. The van der Waals surface area contributed by atoms with Crippen molar-refractivity contribution in [2.75, 3.05) is 6.54 Å². The molecule has 21 heavy (non-hydrogen) atoms. The number of hydrogen-bond acceptors (Lipinski definition) is 3. The van der Waals surface area contributed by atoms with Crippen LogP contribution in [-0.4, -0.2) is 18.4 Å². The standard InChI is InChI=1S/C16H16N2O3/c1-2-15(19)18-13(12-7-4-3-5-8-12)11-17-16(20)14-9-6-10-21-14/h2-10,13H,1,11H2,(H,17,20)(H,18,19). The van der Waals surface area contributed by atoms with E-state index in [1.807, 2.05) is 30.3 Å². The molecule has 0 saturated carbocycles. The van der Waals surface area contributed by atoms with Crippen molar-refractivity contribution in [3.8, 4) is 0 Å². The molecule has 0 saturated heterocycles. The second-order valence-corrected chi connectivity index (χ2v) is 4.36. The van der Waals surface area contributed by atoms with Crippen LogP contribution in [0.15, 0.2) is 65.8 Å². The Balaban J connectivity index is 2.04. The molecule has 0 bridgehead atoms. The van der Waals surface area contributed by atoms with E-state index >= 15 is 0 Å². The maximum Gasteiger partial charge on any atom is 0.287 e. The maximum atomic E-state index is 11.9. The molecule has 1 aromatic heterocycles. The van der Waals surface area contributed by atoms with E-state index in [0.29, 0.717) is 0 Å². The van der Waals surface area contributed by atoms with E-state index in [0.717, 1.165) is 5.56 Å². The zero-order valence-electron chi connectivity index (χ0n) is 11.4. The summed E-state index contributed by atoms with van der Waals surface area (Å²) < 4.78 is 5.02. The molecule has 1 unspecified atom stereocenters. The van der Waals surface area contributed by atoms with E-state index in [-0.39, 0.29) is 30.2 Å². The number of carbonyl (C=O) groups excluding carboxylic acids is 2. The van der Waals surface area contributed by atoms with Crippen LogP contribution in [0.25, 0.3) is 0 Å². The summed E-state index contributed by atoms with van der Waals surface area (Å²) in [5, 5.41) is 5.51. The first-order valence-electron chi connectivity index (χ1n) is 6.50. The number of rotatable bonds is 6. The second kappa shape index (κ2) is 7.09. The summed E-state index contributed by atoms with van der Waals surface area (Å²) in [5.41, 5.74) is 0.896. The fourth-order valence-electron chi connectivity index (χ4n) is 1.86. The summed E-state index contributed by atoms with van der Waals surface area (Å²) in [6, 6.07) is 12.3. The van der Waals surface area contributed by atoms with Gasteiger partial charge in [0.25, 0.3) is 5.91 Å². The molecule has 5 heteroatoms. The van der Waals surface area contributed by atoms with Crippen molar-refractivity contribution in [3.05, 3.63) is 72.7 Å². The number of furan rings is 1. The van der Waals surface area contributed by atoms with E-state index in [9.17, 15) is 9.59 Å². The van der Waals surface area contributed by atoms with Gasteiger partial charge >= 0.3 is 0 Å². The fraction of sp³-hybridized carbons (Fsp3) is 0.125. The van der Waals surface area contributed by atoms with Gasteiger partial charge in [0.2, 0.25) is 5.91 Å². The normalized spacial score (nSPS) is 11.4. The van der Waals surface area contributed by atoms with E-state index in [4.69, 9.17) is 4.42 Å². The van der Waals surface area contributed by atoms with Crippen LogP contribution in [0.3, 0.4) is 0 Å². The smallest absolute Gasteiger partial charge is 0.287 e. The Morgan fingerprint density at radius 2 is 1.95 bits per heavy atom. The number of amides is 2. The third kappa shape index (κ3) is 4.07. The van der Waals surface area contributed by atoms with Crippen molar-refractivity contribution in [1.82, 2.24) is 10.6 Å². The molecule has 0 spiro atoms. The monoisotopic (exact) mass is 284 g/mol. The first kappa shape index (κ1) is 14.6. The predicted molar refractivity (Wildman–Crippen MR) is 78.6 cm³/mol. The molecule has 2 N–H and O–H groups in total. The van der Waals surface area contributed by atoms with E-state index in [1.54, 1.807) is 12.1 Å². The van der Waals surface area contributed by atoms with Crippen LogP contribution in [0.5, 0.6) is 0 Å². The average molecular weight is 284 g/mol. The molecule has 0 radical (unpaired) electrons. The molecule has 0 aliphatic carbocycles. The van der Waals surface area contributed by atoms with Crippen molar-refractivity contribution in [1.29, 1.82) is 0 Å². The summed E-state index contributed by atoms with van der Waals surface area (Å²) in [6.07, 6.45) is 2.63. The zero-order valence-corrected chi connectivity index (χ0v) is 11.4. The Kier molecular flexibility index (Phi) is 4.93. The third-order valence-electron chi connectivity index (χ3n) is 2.92. The van der Waals surface area contributed by atoms with Crippen LogP contribution in [0.4, 0.5) is 0 Å². The van der Waals surface area contributed by atoms with Crippen LogP contribution in [0, 0.1) is 0 Å². The molecule has 0 aliphatic heterocycles. The zero-order chi connectivity index (χ0) is 15.1. The molecule has 1 atom stereocenters. The van der Waals surface area contributed by atoms with Crippen LogP contribution in [0.2, 0.25) is 0 Å². The first-order chi connectivity index (χ1) is 10.2. The lowest BCUT2D eigenvalue weighted by Crippen LogP contribution is -2.37. The Morgan fingerprint density at radius 3 is 2.57 bits per heavy atom. The summed E-state index contributed by atoms with van der Waals surface area (Å²) in [7, 11) is 0. The van der Waals surface area contributed by atoms with E-state index in [1.165, 1.54) is 12.3 Å². The van der Waals surface area contributed by atoms with Crippen molar-refractivity contribution in [3.63, 3.8) is 0 Å². The molecular formula is C16H16N2O3. The lowest BCUT2D eigenvalue weighted by molar-refractivity contribution is -0.117. The average Bonchev–Trinajstić information content (AvgIpc) is 3.06. The van der Waals surface area contributed by atoms with Crippen molar-refractivity contribution in [2.45, 2.75) is 6.04 Å². The minimum Gasteiger partial charge on any atom is -0.459 e. The minimum atomic E-state index is -0.337. The quantitative estimate of drug-likeness (QED) is 0.797. The highest BCUT2D eigenvalue weighted by atomic mass is 16.3. The van der Waals surface area contributed by atoms with Gasteiger partial charge in [-0.2, -0.15) is 0 Å². The van der Waals surface area contributed by atoms with Gasteiger partial charge in [0.1, 0.15) is 0 Å². The minimum absolute atomic E-state index is 0.233. The van der Waals surface area contributed by atoms with Gasteiger partial charge in [-0.25, -0.2) is 0 Å². The van der Waals surface area contributed by atoms with Gasteiger partial charge < -0.3 is 15.1 Å². The van der Waals surface area contributed by atoms with Crippen LogP contribution in [-0.2, 0) is 4.79 Å². The molecule has 2 amide bonds. The molecule has 108 valence electrons. The highest BCUT2D eigenvalue weighted by molar-refractivity contribution is 5.91. The largest absolute Gasteiger partial charge is 0.459 e. The van der Waals surface area contributed by atoms with Gasteiger partial charge in [-0.3, -0.25) is 9.59 Å². The van der Waals surface area contributed by atoms with Gasteiger partial charge in [-0.1, -0.05) is 36.9 Å². The fourth-order valence-corrected chi connectivity index (χ4v) is 1.86. The maximum absolute atomic E-state index is 11.9. The molecule has 5 nitrogen and oxygen atoms in total. The molecule has 1 heterocycles. The number of benzene rings is 1. The number of nitrogens with one attached hydrogen (secondary N) is 2. The Labute approximate surface area is 122 Å². The summed E-state index contributed by atoms with van der Waals surface area (Å²) in [5.74, 6) is -0.387. The highest BCUT2D eigenvalue weighted by Crippen LogP contribution is 2.12. The molecule has 2 aromatic rings. The van der Waals surface area contributed by atoms with Gasteiger partial charge in [0, 0.05) is 6.54 Å². The van der Waals surface area contributed by atoms with E-state index < -0.39 is 0 Å². The highest BCUT2D eigenvalue weighted by Gasteiger charge is 2.15. The first-order valence-corrected chi connectivity index (χ1v) is 6.50. The van der Waals surface area contributed by atoms with Crippen molar-refractivity contribution >= 4 is 11.8 Å². The lowest BCUT2D eigenvalue weighted by Gasteiger charge is -2.18.